The van der Waals surface area contributed by atoms with Gasteiger partial charge in [0.25, 0.3) is 0 Å². The zero-order valence-electron chi connectivity index (χ0n) is 7.86. The van der Waals surface area contributed by atoms with Crippen LogP contribution in [0.3, 0.4) is 0 Å². The van der Waals surface area contributed by atoms with Crippen LogP contribution in [-0.4, -0.2) is 24.1 Å². The minimum atomic E-state index is 0.321. The average Bonchev–Trinajstić information content (AvgIpc) is 2.60. The quantitative estimate of drug-likeness (QED) is 0.574. The summed E-state index contributed by atoms with van der Waals surface area (Å²) in [4.78, 5) is 0. The molecule has 2 rings (SSSR count). The molecule has 4 heteroatoms. The van der Waals surface area contributed by atoms with Gasteiger partial charge in [0.2, 0.25) is 0 Å². The average molecular weight is 193 g/mol. The molecule has 0 aromatic heterocycles. The topological polar surface area (TPSA) is 51.0 Å². The molecule has 0 fully saturated rings. The van der Waals surface area contributed by atoms with E-state index >= 15 is 0 Å². The second kappa shape index (κ2) is 3.57. The summed E-state index contributed by atoms with van der Waals surface area (Å²) in [6.07, 6.45) is 0. The predicted molar refractivity (Wildman–Crippen MR) is 51.4 cm³/mol. The molecule has 14 heavy (non-hydrogen) atoms. The smallest absolute Gasteiger partial charge is 0.134 e. The minimum absolute atomic E-state index is 0.321. The van der Waals surface area contributed by atoms with Gasteiger partial charge in [-0.1, -0.05) is 5.16 Å². The third-order valence-electron chi connectivity index (χ3n) is 2.06. The van der Waals surface area contributed by atoms with Gasteiger partial charge in [-0.15, -0.1) is 0 Å². The molecule has 74 valence electrons. The Morgan fingerprint density at radius 1 is 1.57 bits per heavy atom. The van der Waals surface area contributed by atoms with Crippen LogP contribution in [-0.2, 0) is 0 Å². The Balaban J connectivity index is 2.34. The zero-order valence-corrected chi connectivity index (χ0v) is 7.86. The summed E-state index contributed by atoms with van der Waals surface area (Å²) >= 11 is 0. The molecule has 0 amide bonds. The number of hydrogen-bond donors (Lipinski definition) is 1. The number of nitrogens with zero attached hydrogens (tertiary/aromatic N) is 1. The monoisotopic (exact) mass is 193 g/mol. The summed E-state index contributed by atoms with van der Waals surface area (Å²) in [6, 6.07) is 5.47. The first kappa shape index (κ1) is 8.87. The van der Waals surface area contributed by atoms with Crippen LogP contribution in [0.15, 0.2) is 23.4 Å². The highest BCUT2D eigenvalue weighted by Crippen LogP contribution is 2.29. The molecular formula is C10H11NO3. The third-order valence-corrected chi connectivity index (χ3v) is 2.06. The molecule has 0 spiro atoms. The first-order valence-electron chi connectivity index (χ1n) is 4.46. The molecule has 0 saturated heterocycles. The fraction of sp³-hybridized carbons (Fsp3) is 0.300. The van der Waals surface area contributed by atoms with Gasteiger partial charge >= 0.3 is 0 Å². The van der Waals surface area contributed by atoms with E-state index in [4.69, 9.17) is 14.7 Å². The van der Waals surface area contributed by atoms with Crippen LogP contribution in [0.1, 0.15) is 12.5 Å². The van der Waals surface area contributed by atoms with E-state index < -0.39 is 0 Å². The Hall–Kier alpha value is -1.71. The summed E-state index contributed by atoms with van der Waals surface area (Å²) in [5, 5.41) is 11.8. The van der Waals surface area contributed by atoms with E-state index in [1.54, 1.807) is 6.07 Å². The SMILES string of the molecule is CCOc1ccc2c(c1)OCC2=NO. The van der Waals surface area contributed by atoms with Crippen LogP contribution in [0.25, 0.3) is 0 Å². The summed E-state index contributed by atoms with van der Waals surface area (Å²) < 4.78 is 10.6. The number of hydrogen-bond acceptors (Lipinski definition) is 4. The van der Waals surface area contributed by atoms with E-state index in [1.807, 2.05) is 19.1 Å². The highest BCUT2D eigenvalue weighted by Gasteiger charge is 2.20. The van der Waals surface area contributed by atoms with E-state index in [2.05, 4.69) is 5.16 Å². The summed E-state index contributed by atoms with van der Waals surface area (Å²) in [6.45, 7) is 2.87. The van der Waals surface area contributed by atoms with Gasteiger partial charge in [-0.3, -0.25) is 0 Å². The van der Waals surface area contributed by atoms with Gasteiger partial charge in [-0.25, -0.2) is 0 Å². The van der Waals surface area contributed by atoms with Crippen molar-refractivity contribution >= 4 is 5.71 Å². The predicted octanol–water partition coefficient (Wildman–Crippen LogP) is 1.66. The van der Waals surface area contributed by atoms with Crippen molar-refractivity contribution in [2.75, 3.05) is 13.2 Å². The van der Waals surface area contributed by atoms with E-state index in [0.717, 1.165) is 11.3 Å². The van der Waals surface area contributed by atoms with Crippen LogP contribution >= 0.6 is 0 Å². The number of ether oxygens (including phenoxy) is 2. The highest BCUT2D eigenvalue weighted by atomic mass is 16.5. The van der Waals surface area contributed by atoms with E-state index in [1.165, 1.54) is 0 Å². The van der Waals surface area contributed by atoms with Gasteiger partial charge in [0, 0.05) is 11.6 Å². The number of fused-ring (bicyclic) bond motifs is 1. The molecule has 1 heterocycles. The first-order valence-corrected chi connectivity index (χ1v) is 4.46. The second-order valence-corrected chi connectivity index (χ2v) is 2.93. The lowest BCUT2D eigenvalue weighted by molar-refractivity contribution is 0.313. The number of oxime groups is 1. The van der Waals surface area contributed by atoms with Gasteiger partial charge in [0.1, 0.15) is 23.8 Å². The molecule has 0 atom stereocenters. The Morgan fingerprint density at radius 2 is 2.43 bits per heavy atom. The molecule has 1 N–H and O–H groups in total. The maximum absolute atomic E-state index is 8.66. The molecule has 4 nitrogen and oxygen atoms in total. The van der Waals surface area contributed by atoms with E-state index in [9.17, 15) is 0 Å². The maximum Gasteiger partial charge on any atom is 0.134 e. The molecule has 1 aliphatic heterocycles. The summed E-state index contributed by atoms with van der Waals surface area (Å²) in [5.74, 6) is 1.48. The Labute approximate surface area is 81.8 Å². The fourth-order valence-electron chi connectivity index (χ4n) is 1.42. The number of benzene rings is 1. The van der Waals surface area contributed by atoms with Gasteiger partial charge in [-0.2, -0.15) is 0 Å². The molecule has 1 aromatic rings. The lowest BCUT2D eigenvalue weighted by Crippen LogP contribution is -2.01. The molecule has 0 unspecified atom stereocenters. The van der Waals surface area contributed by atoms with Crippen LogP contribution in [0.5, 0.6) is 11.5 Å². The van der Waals surface area contributed by atoms with Gasteiger partial charge in [0.15, 0.2) is 0 Å². The van der Waals surface area contributed by atoms with Gasteiger partial charge in [-0.05, 0) is 19.1 Å². The Morgan fingerprint density at radius 3 is 3.14 bits per heavy atom. The number of rotatable bonds is 2. The third kappa shape index (κ3) is 1.39. The summed E-state index contributed by atoms with van der Waals surface area (Å²) in [7, 11) is 0. The second-order valence-electron chi connectivity index (χ2n) is 2.93. The van der Waals surface area contributed by atoms with Crippen molar-refractivity contribution in [2.24, 2.45) is 5.16 Å². The fourth-order valence-corrected chi connectivity index (χ4v) is 1.42. The molecule has 0 radical (unpaired) electrons. The van der Waals surface area contributed by atoms with Crippen molar-refractivity contribution in [3.8, 4) is 11.5 Å². The molecular weight excluding hydrogens is 182 g/mol. The van der Waals surface area contributed by atoms with Crippen molar-refractivity contribution in [2.45, 2.75) is 6.92 Å². The van der Waals surface area contributed by atoms with Crippen molar-refractivity contribution in [3.05, 3.63) is 23.8 Å². The zero-order chi connectivity index (χ0) is 9.97. The van der Waals surface area contributed by atoms with Crippen LogP contribution in [0, 0.1) is 0 Å². The van der Waals surface area contributed by atoms with E-state index in [-0.39, 0.29) is 0 Å². The van der Waals surface area contributed by atoms with Crippen molar-refractivity contribution in [1.82, 2.24) is 0 Å². The standard InChI is InChI=1S/C10H11NO3/c1-2-13-7-3-4-8-9(11-12)6-14-10(8)5-7/h3-5,12H,2,6H2,1H3. The first-order chi connectivity index (χ1) is 6.85. The Kier molecular flexibility index (Phi) is 2.26. The summed E-state index contributed by atoms with van der Waals surface area (Å²) in [5.41, 5.74) is 1.39. The van der Waals surface area contributed by atoms with Gasteiger partial charge < -0.3 is 14.7 Å². The molecule has 0 saturated carbocycles. The molecule has 0 aliphatic carbocycles. The van der Waals surface area contributed by atoms with Crippen molar-refractivity contribution in [3.63, 3.8) is 0 Å². The highest BCUT2D eigenvalue weighted by molar-refractivity contribution is 6.05. The van der Waals surface area contributed by atoms with Crippen molar-refractivity contribution in [1.29, 1.82) is 0 Å². The lowest BCUT2D eigenvalue weighted by atomic mass is 10.1. The van der Waals surface area contributed by atoms with Crippen molar-refractivity contribution < 1.29 is 14.7 Å². The van der Waals surface area contributed by atoms with Crippen LogP contribution in [0.4, 0.5) is 0 Å². The lowest BCUT2D eigenvalue weighted by Gasteiger charge is -2.04. The Bertz CT molecular complexity index is 374. The molecule has 1 aliphatic rings. The maximum atomic E-state index is 8.66. The van der Waals surface area contributed by atoms with E-state index in [0.29, 0.717) is 24.7 Å². The largest absolute Gasteiger partial charge is 0.494 e. The minimum Gasteiger partial charge on any atom is -0.494 e. The van der Waals surface area contributed by atoms with Gasteiger partial charge in [0.05, 0.1) is 6.61 Å². The van der Waals surface area contributed by atoms with Crippen LogP contribution < -0.4 is 9.47 Å². The van der Waals surface area contributed by atoms with Crippen LogP contribution in [0.2, 0.25) is 0 Å². The molecule has 1 aromatic carbocycles. The normalized spacial score (nSPS) is 16.5. The molecule has 0 bridgehead atoms.